The molecule has 76 valence electrons. The van der Waals surface area contributed by atoms with Crippen molar-refractivity contribution >= 4 is 22.6 Å². The molecule has 14 heavy (non-hydrogen) atoms. The van der Waals surface area contributed by atoms with Crippen molar-refractivity contribution in [1.82, 2.24) is 0 Å². The number of para-hydroxylation sites is 1. The van der Waals surface area contributed by atoms with Crippen LogP contribution in [0.3, 0.4) is 0 Å². The smallest absolute Gasteiger partial charge is 0.199 e. The fourth-order valence-corrected chi connectivity index (χ4v) is 2.00. The maximum atomic E-state index is 5.76. The van der Waals surface area contributed by atoms with Gasteiger partial charge in [0.25, 0.3) is 0 Å². The van der Waals surface area contributed by atoms with Gasteiger partial charge in [0.2, 0.25) is 0 Å². The van der Waals surface area contributed by atoms with Gasteiger partial charge in [0.15, 0.2) is 6.29 Å². The summed E-state index contributed by atoms with van der Waals surface area (Å²) in [5.74, 6) is 0.931. The van der Waals surface area contributed by atoms with Crippen LogP contribution in [0.1, 0.15) is 19.3 Å². The first-order valence-electron chi connectivity index (χ1n) is 4.89. The van der Waals surface area contributed by atoms with Crippen molar-refractivity contribution in [3.05, 3.63) is 27.8 Å². The van der Waals surface area contributed by atoms with Crippen LogP contribution in [0.15, 0.2) is 24.3 Å². The third kappa shape index (κ3) is 2.60. The second kappa shape index (κ2) is 4.98. The van der Waals surface area contributed by atoms with E-state index in [1.807, 2.05) is 24.3 Å². The van der Waals surface area contributed by atoms with Crippen LogP contribution in [0.25, 0.3) is 0 Å². The van der Waals surface area contributed by atoms with Crippen molar-refractivity contribution in [2.24, 2.45) is 0 Å². The van der Waals surface area contributed by atoms with Crippen molar-refractivity contribution < 1.29 is 9.47 Å². The highest BCUT2D eigenvalue weighted by Gasteiger charge is 2.15. The molecular formula is C11H13IO2. The number of ether oxygens (including phenoxy) is 2. The summed E-state index contributed by atoms with van der Waals surface area (Å²) < 4.78 is 12.4. The average Bonchev–Trinajstić information content (AvgIpc) is 2.23. The summed E-state index contributed by atoms with van der Waals surface area (Å²) in [6.45, 7) is 0.827. The molecule has 0 radical (unpaired) electrons. The Morgan fingerprint density at radius 1 is 1.29 bits per heavy atom. The average molecular weight is 304 g/mol. The Labute approximate surface area is 97.7 Å². The number of halogens is 1. The first-order chi connectivity index (χ1) is 6.86. The SMILES string of the molecule is Ic1ccccc1OC1CCCCO1. The van der Waals surface area contributed by atoms with E-state index >= 15 is 0 Å². The molecule has 0 aromatic heterocycles. The first kappa shape index (κ1) is 10.2. The number of hydrogen-bond acceptors (Lipinski definition) is 2. The molecule has 1 aromatic rings. The van der Waals surface area contributed by atoms with E-state index < -0.39 is 0 Å². The molecule has 2 nitrogen and oxygen atoms in total. The van der Waals surface area contributed by atoms with Crippen molar-refractivity contribution in [3.63, 3.8) is 0 Å². The van der Waals surface area contributed by atoms with Gasteiger partial charge in [-0.1, -0.05) is 12.1 Å². The van der Waals surface area contributed by atoms with E-state index in [-0.39, 0.29) is 6.29 Å². The van der Waals surface area contributed by atoms with Gasteiger partial charge in [0, 0.05) is 6.42 Å². The lowest BCUT2D eigenvalue weighted by atomic mass is 10.2. The molecule has 1 heterocycles. The van der Waals surface area contributed by atoms with Crippen molar-refractivity contribution in [3.8, 4) is 5.75 Å². The lowest BCUT2D eigenvalue weighted by Gasteiger charge is -2.23. The molecule has 2 rings (SSSR count). The van der Waals surface area contributed by atoms with Crippen LogP contribution in [0, 0.1) is 3.57 Å². The van der Waals surface area contributed by atoms with Gasteiger partial charge >= 0.3 is 0 Å². The third-order valence-corrected chi connectivity index (χ3v) is 3.12. The molecule has 1 atom stereocenters. The summed E-state index contributed by atoms with van der Waals surface area (Å²) in [7, 11) is 0. The topological polar surface area (TPSA) is 18.5 Å². The predicted octanol–water partition coefficient (Wildman–Crippen LogP) is 3.20. The lowest BCUT2D eigenvalue weighted by molar-refractivity contribution is -0.106. The van der Waals surface area contributed by atoms with Gasteiger partial charge < -0.3 is 9.47 Å². The maximum Gasteiger partial charge on any atom is 0.199 e. The number of benzene rings is 1. The Kier molecular flexibility index (Phi) is 3.64. The van der Waals surface area contributed by atoms with E-state index in [1.54, 1.807) is 0 Å². The summed E-state index contributed by atoms with van der Waals surface area (Å²) in [6.07, 6.45) is 3.32. The maximum absolute atomic E-state index is 5.76. The minimum absolute atomic E-state index is 0.0420. The molecule has 3 heteroatoms. The zero-order chi connectivity index (χ0) is 9.80. The third-order valence-electron chi connectivity index (χ3n) is 2.23. The monoisotopic (exact) mass is 304 g/mol. The van der Waals surface area contributed by atoms with Gasteiger partial charge in [-0.05, 0) is 47.6 Å². The molecular weight excluding hydrogens is 291 g/mol. The molecule has 0 amide bonds. The van der Waals surface area contributed by atoms with E-state index in [0.717, 1.165) is 28.8 Å². The summed E-state index contributed by atoms with van der Waals surface area (Å²) in [4.78, 5) is 0. The van der Waals surface area contributed by atoms with Crippen molar-refractivity contribution in [2.75, 3.05) is 6.61 Å². The van der Waals surface area contributed by atoms with Crippen molar-refractivity contribution in [1.29, 1.82) is 0 Å². The second-order valence-electron chi connectivity index (χ2n) is 3.34. The van der Waals surface area contributed by atoms with Gasteiger partial charge in [-0.15, -0.1) is 0 Å². The van der Waals surface area contributed by atoms with E-state index in [0.29, 0.717) is 0 Å². The summed E-state index contributed by atoms with van der Waals surface area (Å²) in [6, 6.07) is 8.02. The van der Waals surface area contributed by atoms with Crippen molar-refractivity contribution in [2.45, 2.75) is 25.6 Å². The Balaban J connectivity index is 1.99. The Hall–Kier alpha value is -0.290. The van der Waals surface area contributed by atoms with Gasteiger partial charge in [-0.2, -0.15) is 0 Å². The van der Waals surface area contributed by atoms with E-state index in [1.165, 1.54) is 6.42 Å². The molecule has 0 spiro atoms. The van der Waals surface area contributed by atoms with Crippen LogP contribution < -0.4 is 4.74 Å². The Morgan fingerprint density at radius 3 is 2.86 bits per heavy atom. The summed E-state index contributed by atoms with van der Waals surface area (Å²) in [5.41, 5.74) is 0. The highest BCUT2D eigenvalue weighted by atomic mass is 127. The number of hydrogen-bond donors (Lipinski definition) is 0. The minimum Gasteiger partial charge on any atom is -0.464 e. The van der Waals surface area contributed by atoms with Gasteiger partial charge in [0.1, 0.15) is 5.75 Å². The molecule has 0 bridgehead atoms. The molecule has 1 saturated heterocycles. The molecule has 1 aromatic carbocycles. The predicted molar refractivity (Wildman–Crippen MR) is 63.4 cm³/mol. The Morgan fingerprint density at radius 2 is 2.14 bits per heavy atom. The lowest BCUT2D eigenvalue weighted by Crippen LogP contribution is -2.25. The molecule has 1 fully saturated rings. The Bertz CT molecular complexity index is 295. The second-order valence-corrected chi connectivity index (χ2v) is 4.51. The highest BCUT2D eigenvalue weighted by molar-refractivity contribution is 14.1. The van der Waals surface area contributed by atoms with Crippen LogP contribution in [0.5, 0.6) is 5.75 Å². The fourth-order valence-electron chi connectivity index (χ4n) is 1.49. The van der Waals surface area contributed by atoms with E-state index in [9.17, 15) is 0 Å². The first-order valence-corrected chi connectivity index (χ1v) is 5.97. The molecule has 1 aliphatic rings. The molecule has 0 N–H and O–H groups in total. The molecule has 0 saturated carbocycles. The standard InChI is InChI=1S/C11H13IO2/c12-9-5-1-2-6-10(9)14-11-7-3-4-8-13-11/h1-2,5-6,11H,3-4,7-8H2. The summed E-state index contributed by atoms with van der Waals surface area (Å²) in [5, 5.41) is 0. The van der Waals surface area contributed by atoms with Crippen LogP contribution in [0.4, 0.5) is 0 Å². The van der Waals surface area contributed by atoms with Gasteiger partial charge in [-0.3, -0.25) is 0 Å². The highest BCUT2D eigenvalue weighted by Crippen LogP contribution is 2.23. The van der Waals surface area contributed by atoms with Gasteiger partial charge in [0.05, 0.1) is 10.2 Å². The zero-order valence-electron chi connectivity index (χ0n) is 7.91. The number of rotatable bonds is 2. The molecule has 0 aliphatic carbocycles. The normalized spacial score (nSPS) is 21.9. The minimum atomic E-state index is -0.0420. The molecule has 1 aliphatic heterocycles. The quantitative estimate of drug-likeness (QED) is 0.781. The van der Waals surface area contributed by atoms with Crippen LogP contribution in [0.2, 0.25) is 0 Å². The van der Waals surface area contributed by atoms with Crippen LogP contribution in [-0.4, -0.2) is 12.9 Å². The summed E-state index contributed by atoms with van der Waals surface area (Å²) >= 11 is 2.28. The van der Waals surface area contributed by atoms with E-state index in [4.69, 9.17) is 9.47 Å². The zero-order valence-corrected chi connectivity index (χ0v) is 10.1. The van der Waals surface area contributed by atoms with E-state index in [2.05, 4.69) is 22.6 Å². The van der Waals surface area contributed by atoms with Gasteiger partial charge in [-0.25, -0.2) is 0 Å². The van der Waals surface area contributed by atoms with Crippen LogP contribution in [-0.2, 0) is 4.74 Å². The fraction of sp³-hybridized carbons (Fsp3) is 0.455. The largest absolute Gasteiger partial charge is 0.464 e. The van der Waals surface area contributed by atoms with Crippen LogP contribution >= 0.6 is 22.6 Å². The molecule has 1 unspecified atom stereocenters.